The standard InChI is InChI=1S/C13H15N3OSi/c1-9-14-8-11-7-10(5-6-18(2,3)4)13(17)16-12(11)15-9/h7-8H,1-4H3,(H,14,15,16,17). The summed E-state index contributed by atoms with van der Waals surface area (Å²) in [7, 11) is -1.48. The molecule has 5 heteroatoms. The first-order valence-corrected chi connectivity index (χ1v) is 9.25. The molecule has 18 heavy (non-hydrogen) atoms. The summed E-state index contributed by atoms with van der Waals surface area (Å²) < 4.78 is 0. The van der Waals surface area contributed by atoms with E-state index in [2.05, 4.69) is 46.1 Å². The minimum absolute atomic E-state index is 0.189. The largest absolute Gasteiger partial charge is 0.305 e. The lowest BCUT2D eigenvalue weighted by Crippen LogP contribution is -2.17. The lowest BCUT2D eigenvalue weighted by molar-refractivity contribution is 1.06. The van der Waals surface area contributed by atoms with Crippen LogP contribution in [0.2, 0.25) is 19.6 Å². The van der Waals surface area contributed by atoms with Gasteiger partial charge in [0, 0.05) is 11.6 Å². The molecule has 0 radical (unpaired) electrons. The molecule has 0 atom stereocenters. The molecule has 0 fully saturated rings. The third-order valence-electron chi connectivity index (χ3n) is 2.29. The Morgan fingerprint density at radius 3 is 2.72 bits per heavy atom. The van der Waals surface area contributed by atoms with Gasteiger partial charge >= 0.3 is 0 Å². The van der Waals surface area contributed by atoms with E-state index in [4.69, 9.17) is 0 Å². The van der Waals surface area contributed by atoms with Crippen molar-refractivity contribution in [1.29, 1.82) is 0 Å². The van der Waals surface area contributed by atoms with Gasteiger partial charge in [-0.15, -0.1) is 5.54 Å². The van der Waals surface area contributed by atoms with Crippen molar-refractivity contribution >= 4 is 19.1 Å². The van der Waals surface area contributed by atoms with Crippen LogP contribution in [0.5, 0.6) is 0 Å². The van der Waals surface area contributed by atoms with Crippen LogP contribution in [-0.2, 0) is 0 Å². The monoisotopic (exact) mass is 257 g/mol. The van der Waals surface area contributed by atoms with E-state index < -0.39 is 8.07 Å². The van der Waals surface area contributed by atoms with E-state index in [1.807, 2.05) is 0 Å². The van der Waals surface area contributed by atoms with Crippen molar-refractivity contribution in [3.63, 3.8) is 0 Å². The van der Waals surface area contributed by atoms with Crippen LogP contribution in [0.3, 0.4) is 0 Å². The summed E-state index contributed by atoms with van der Waals surface area (Å²) in [4.78, 5) is 22.9. The van der Waals surface area contributed by atoms with E-state index in [0.29, 0.717) is 17.0 Å². The number of rotatable bonds is 0. The molecule has 0 bridgehead atoms. The van der Waals surface area contributed by atoms with Crippen LogP contribution in [0.4, 0.5) is 0 Å². The van der Waals surface area contributed by atoms with Gasteiger partial charge in [0.1, 0.15) is 19.5 Å². The molecule has 0 saturated carbocycles. The second-order valence-corrected chi connectivity index (χ2v) is 9.98. The van der Waals surface area contributed by atoms with Crippen LogP contribution in [-0.4, -0.2) is 23.0 Å². The fourth-order valence-corrected chi connectivity index (χ4v) is 1.94. The number of fused-ring (bicyclic) bond motifs is 1. The van der Waals surface area contributed by atoms with Gasteiger partial charge in [0.25, 0.3) is 5.56 Å². The Morgan fingerprint density at radius 2 is 2.06 bits per heavy atom. The van der Waals surface area contributed by atoms with E-state index in [0.717, 1.165) is 5.39 Å². The van der Waals surface area contributed by atoms with Crippen LogP contribution in [0, 0.1) is 18.4 Å². The summed E-state index contributed by atoms with van der Waals surface area (Å²) in [5.41, 5.74) is 4.04. The number of nitrogens with zero attached hydrogens (tertiary/aromatic N) is 2. The van der Waals surface area contributed by atoms with Gasteiger partial charge in [-0.2, -0.15) is 0 Å². The van der Waals surface area contributed by atoms with Crippen LogP contribution in [0.25, 0.3) is 11.0 Å². The zero-order valence-corrected chi connectivity index (χ0v) is 12.0. The van der Waals surface area contributed by atoms with E-state index in [9.17, 15) is 4.79 Å². The SMILES string of the molecule is Cc1ncc2cc(C#C[Si](C)(C)C)c(=O)[nH]c2n1. The van der Waals surface area contributed by atoms with E-state index in [1.165, 1.54) is 0 Å². The molecule has 2 rings (SSSR count). The second-order valence-electron chi connectivity index (χ2n) is 5.23. The third-order valence-corrected chi connectivity index (χ3v) is 3.16. The van der Waals surface area contributed by atoms with Gasteiger partial charge in [0.2, 0.25) is 0 Å². The number of H-pyrrole nitrogens is 1. The molecule has 0 aliphatic carbocycles. The molecule has 4 nitrogen and oxygen atoms in total. The fraction of sp³-hybridized carbons (Fsp3) is 0.308. The predicted octanol–water partition coefficient (Wildman–Crippen LogP) is 1.86. The van der Waals surface area contributed by atoms with E-state index in [1.54, 1.807) is 19.2 Å². The van der Waals surface area contributed by atoms with Crippen molar-refractivity contribution in [2.45, 2.75) is 26.6 Å². The summed E-state index contributed by atoms with van der Waals surface area (Å²) in [5.74, 6) is 3.61. The molecule has 2 aromatic rings. The molecule has 0 aliphatic heterocycles. The summed E-state index contributed by atoms with van der Waals surface area (Å²) in [6.07, 6.45) is 1.70. The van der Waals surface area contributed by atoms with Crippen molar-refractivity contribution in [2.24, 2.45) is 0 Å². The first kappa shape index (κ1) is 12.5. The Morgan fingerprint density at radius 1 is 1.33 bits per heavy atom. The summed E-state index contributed by atoms with van der Waals surface area (Å²) in [5, 5.41) is 0.806. The minimum atomic E-state index is -1.48. The highest BCUT2D eigenvalue weighted by Gasteiger charge is 2.08. The van der Waals surface area contributed by atoms with Crippen LogP contribution < -0.4 is 5.56 Å². The highest BCUT2D eigenvalue weighted by molar-refractivity contribution is 6.83. The fourth-order valence-electron chi connectivity index (χ4n) is 1.43. The van der Waals surface area contributed by atoms with Gasteiger partial charge in [-0.25, -0.2) is 9.97 Å². The topological polar surface area (TPSA) is 58.6 Å². The third kappa shape index (κ3) is 2.84. The Kier molecular flexibility index (Phi) is 3.05. The van der Waals surface area contributed by atoms with Gasteiger partial charge in [-0.05, 0) is 13.0 Å². The molecule has 0 spiro atoms. The van der Waals surface area contributed by atoms with Crippen molar-refractivity contribution in [3.05, 3.63) is 34.0 Å². The van der Waals surface area contributed by atoms with Gasteiger partial charge in [0.05, 0.1) is 5.56 Å². The molecule has 1 N–H and O–H groups in total. The average molecular weight is 257 g/mol. The average Bonchev–Trinajstić information content (AvgIpc) is 2.25. The number of aryl methyl sites for hydroxylation is 1. The maximum Gasteiger partial charge on any atom is 0.265 e. The smallest absolute Gasteiger partial charge is 0.265 e. The first-order valence-electron chi connectivity index (χ1n) is 5.75. The number of aromatic nitrogens is 3. The molecule has 0 aromatic carbocycles. The molecule has 2 aromatic heterocycles. The number of aromatic amines is 1. The molecule has 0 saturated heterocycles. The molecule has 2 heterocycles. The minimum Gasteiger partial charge on any atom is -0.305 e. The van der Waals surface area contributed by atoms with Crippen LogP contribution in [0.15, 0.2) is 17.1 Å². The second kappa shape index (κ2) is 4.39. The highest BCUT2D eigenvalue weighted by Crippen LogP contribution is 2.07. The number of pyridine rings is 1. The lowest BCUT2D eigenvalue weighted by atomic mass is 10.2. The van der Waals surface area contributed by atoms with Gasteiger partial charge < -0.3 is 4.98 Å². The zero-order valence-electron chi connectivity index (χ0n) is 11.0. The number of nitrogens with one attached hydrogen (secondary N) is 1. The highest BCUT2D eigenvalue weighted by atomic mass is 28.3. The molecular formula is C13H15N3OSi. The summed E-state index contributed by atoms with van der Waals surface area (Å²) in [6.45, 7) is 8.21. The zero-order chi connectivity index (χ0) is 13.3. The molecule has 0 aliphatic rings. The Balaban J connectivity index is 2.60. The van der Waals surface area contributed by atoms with Crippen LogP contribution >= 0.6 is 0 Å². The number of hydrogen-bond donors (Lipinski definition) is 1. The first-order chi connectivity index (χ1) is 8.35. The maximum atomic E-state index is 11.9. The predicted molar refractivity (Wildman–Crippen MR) is 75.1 cm³/mol. The molecular weight excluding hydrogens is 242 g/mol. The normalized spacial score (nSPS) is 11.1. The van der Waals surface area contributed by atoms with Crippen molar-refractivity contribution < 1.29 is 0 Å². The molecule has 92 valence electrons. The molecule has 0 unspecified atom stereocenters. The maximum absolute atomic E-state index is 11.9. The van der Waals surface area contributed by atoms with Crippen molar-refractivity contribution in [2.75, 3.05) is 0 Å². The van der Waals surface area contributed by atoms with E-state index >= 15 is 0 Å². The van der Waals surface area contributed by atoms with Gasteiger partial charge in [-0.3, -0.25) is 4.79 Å². The van der Waals surface area contributed by atoms with Gasteiger partial charge in [-0.1, -0.05) is 25.6 Å². The van der Waals surface area contributed by atoms with Gasteiger partial charge in [0.15, 0.2) is 0 Å². The van der Waals surface area contributed by atoms with E-state index in [-0.39, 0.29) is 5.56 Å². The van der Waals surface area contributed by atoms with Crippen molar-refractivity contribution in [1.82, 2.24) is 15.0 Å². The Hall–Kier alpha value is -1.93. The van der Waals surface area contributed by atoms with Crippen molar-refractivity contribution in [3.8, 4) is 11.5 Å². The number of hydrogen-bond acceptors (Lipinski definition) is 3. The molecule has 0 amide bonds. The lowest BCUT2D eigenvalue weighted by Gasteiger charge is -2.03. The Bertz CT molecular complexity index is 717. The summed E-state index contributed by atoms with van der Waals surface area (Å²) in [6, 6.07) is 1.75. The van der Waals surface area contributed by atoms with Crippen LogP contribution in [0.1, 0.15) is 11.4 Å². The quantitative estimate of drug-likeness (QED) is 0.579. The summed E-state index contributed by atoms with van der Waals surface area (Å²) >= 11 is 0. The Labute approximate surface area is 107 Å².